The number of anilines is 1. The summed E-state index contributed by atoms with van der Waals surface area (Å²) < 4.78 is 0. The first kappa shape index (κ1) is 13.2. The van der Waals surface area contributed by atoms with Gasteiger partial charge in [-0.15, -0.1) is 0 Å². The molecule has 100 valence electrons. The molecule has 0 bridgehead atoms. The van der Waals surface area contributed by atoms with Crippen molar-refractivity contribution in [2.75, 3.05) is 18.4 Å². The van der Waals surface area contributed by atoms with Crippen LogP contribution in [0.25, 0.3) is 10.9 Å². The molecule has 6 heteroatoms. The van der Waals surface area contributed by atoms with E-state index in [4.69, 9.17) is 0 Å². The lowest BCUT2D eigenvalue weighted by Gasteiger charge is -2.08. The molecular formula is C13H17N5O. The van der Waals surface area contributed by atoms with Crippen LogP contribution in [0.4, 0.5) is 5.82 Å². The fourth-order valence-corrected chi connectivity index (χ4v) is 1.69. The largest absolute Gasteiger partial charge is 0.369 e. The summed E-state index contributed by atoms with van der Waals surface area (Å²) in [4.78, 5) is 23.8. The van der Waals surface area contributed by atoms with Crippen molar-refractivity contribution in [1.82, 2.24) is 20.3 Å². The molecule has 0 spiro atoms. The van der Waals surface area contributed by atoms with Crippen LogP contribution >= 0.6 is 0 Å². The Morgan fingerprint density at radius 3 is 3.05 bits per heavy atom. The number of pyridine rings is 1. The Kier molecular flexibility index (Phi) is 4.60. The summed E-state index contributed by atoms with van der Waals surface area (Å²) in [6.07, 6.45) is 6.28. The Bertz CT molecular complexity index is 552. The number of nitrogens with zero attached hydrogens (tertiary/aromatic N) is 3. The van der Waals surface area contributed by atoms with Crippen molar-refractivity contribution in [2.24, 2.45) is 0 Å². The molecule has 0 atom stereocenters. The van der Waals surface area contributed by atoms with E-state index < -0.39 is 0 Å². The van der Waals surface area contributed by atoms with Crippen LogP contribution in [0.15, 0.2) is 24.8 Å². The first-order valence-electron chi connectivity index (χ1n) is 6.36. The maximum absolute atomic E-state index is 11.5. The summed E-state index contributed by atoms with van der Waals surface area (Å²) in [5.41, 5.74) is 0.836. The van der Waals surface area contributed by atoms with Gasteiger partial charge in [-0.3, -0.25) is 9.78 Å². The van der Waals surface area contributed by atoms with Gasteiger partial charge in [0, 0.05) is 31.9 Å². The van der Waals surface area contributed by atoms with Gasteiger partial charge in [-0.25, -0.2) is 9.97 Å². The highest BCUT2D eigenvalue weighted by molar-refractivity contribution is 5.88. The summed E-state index contributed by atoms with van der Waals surface area (Å²) in [5, 5.41) is 6.83. The van der Waals surface area contributed by atoms with Gasteiger partial charge in [0.2, 0.25) is 5.91 Å². The van der Waals surface area contributed by atoms with Crippen molar-refractivity contribution >= 4 is 22.6 Å². The normalized spacial score (nSPS) is 10.4. The molecule has 0 fully saturated rings. The number of hydrogen-bond donors (Lipinski definition) is 2. The molecule has 0 saturated carbocycles. The average Bonchev–Trinajstić information content (AvgIpc) is 2.45. The molecule has 2 aromatic rings. The number of amides is 1. The van der Waals surface area contributed by atoms with Gasteiger partial charge < -0.3 is 10.6 Å². The van der Waals surface area contributed by atoms with Crippen LogP contribution in [0.1, 0.15) is 19.8 Å². The average molecular weight is 259 g/mol. The van der Waals surface area contributed by atoms with Crippen LogP contribution in [-0.2, 0) is 4.79 Å². The van der Waals surface area contributed by atoms with E-state index in [0.717, 1.165) is 23.9 Å². The Balaban J connectivity index is 1.93. The third-order valence-corrected chi connectivity index (χ3v) is 2.65. The topological polar surface area (TPSA) is 79.8 Å². The van der Waals surface area contributed by atoms with Gasteiger partial charge in [0.1, 0.15) is 12.1 Å². The van der Waals surface area contributed by atoms with E-state index in [0.29, 0.717) is 18.8 Å². The Labute approximate surface area is 111 Å². The van der Waals surface area contributed by atoms with Gasteiger partial charge in [0.05, 0.1) is 10.9 Å². The number of hydrogen-bond acceptors (Lipinski definition) is 5. The van der Waals surface area contributed by atoms with E-state index >= 15 is 0 Å². The molecule has 0 aliphatic carbocycles. The van der Waals surface area contributed by atoms with Crippen LogP contribution in [0.3, 0.4) is 0 Å². The molecule has 1 amide bonds. The molecule has 2 aromatic heterocycles. The molecule has 2 N–H and O–H groups in total. The van der Waals surface area contributed by atoms with Crippen molar-refractivity contribution in [3.8, 4) is 0 Å². The minimum absolute atomic E-state index is 0.0471. The predicted molar refractivity (Wildman–Crippen MR) is 73.7 cm³/mol. The van der Waals surface area contributed by atoms with Crippen LogP contribution in [0, 0.1) is 0 Å². The molecule has 0 aliphatic rings. The number of nitrogens with one attached hydrogen (secondary N) is 2. The molecule has 0 unspecified atom stereocenters. The van der Waals surface area contributed by atoms with Crippen LogP contribution in [0.2, 0.25) is 0 Å². The van der Waals surface area contributed by atoms with Gasteiger partial charge in [-0.2, -0.15) is 0 Å². The smallest absolute Gasteiger partial charge is 0.221 e. The quantitative estimate of drug-likeness (QED) is 0.818. The first-order chi connectivity index (χ1) is 9.31. The van der Waals surface area contributed by atoms with Crippen LogP contribution in [0.5, 0.6) is 0 Å². The second-order valence-corrected chi connectivity index (χ2v) is 4.14. The van der Waals surface area contributed by atoms with Crippen molar-refractivity contribution in [2.45, 2.75) is 19.8 Å². The Morgan fingerprint density at radius 1 is 1.32 bits per heavy atom. The Hall–Kier alpha value is -2.24. The summed E-state index contributed by atoms with van der Waals surface area (Å²) in [7, 11) is 0. The molecule has 0 saturated heterocycles. The number of aromatic nitrogens is 3. The second-order valence-electron chi connectivity index (χ2n) is 4.14. The van der Waals surface area contributed by atoms with Crippen molar-refractivity contribution in [1.29, 1.82) is 0 Å². The van der Waals surface area contributed by atoms with E-state index in [9.17, 15) is 4.79 Å². The predicted octanol–water partition coefficient (Wildman–Crippen LogP) is 1.35. The molecule has 2 heterocycles. The lowest BCUT2D eigenvalue weighted by molar-refractivity contribution is -0.120. The van der Waals surface area contributed by atoms with Gasteiger partial charge >= 0.3 is 0 Å². The van der Waals surface area contributed by atoms with Gasteiger partial charge in [0.25, 0.3) is 0 Å². The molecule has 0 aromatic carbocycles. The highest BCUT2D eigenvalue weighted by atomic mass is 16.1. The number of carbonyl (C=O) groups excluding carboxylic acids is 1. The molecule has 0 aliphatic heterocycles. The first-order valence-corrected chi connectivity index (χ1v) is 6.36. The van der Waals surface area contributed by atoms with E-state index in [1.807, 2.05) is 13.0 Å². The molecule has 2 rings (SSSR count). The van der Waals surface area contributed by atoms with E-state index in [1.165, 1.54) is 6.33 Å². The van der Waals surface area contributed by atoms with Crippen LogP contribution < -0.4 is 10.6 Å². The van der Waals surface area contributed by atoms with E-state index in [-0.39, 0.29) is 5.91 Å². The van der Waals surface area contributed by atoms with Gasteiger partial charge in [-0.05, 0) is 12.5 Å². The summed E-state index contributed by atoms with van der Waals surface area (Å²) in [5.74, 6) is 0.757. The minimum Gasteiger partial charge on any atom is -0.369 e. The maximum atomic E-state index is 11.5. The fourth-order valence-electron chi connectivity index (χ4n) is 1.69. The highest BCUT2D eigenvalue weighted by Crippen LogP contribution is 2.16. The van der Waals surface area contributed by atoms with Crippen LogP contribution in [-0.4, -0.2) is 33.9 Å². The third kappa shape index (κ3) is 3.61. The summed E-state index contributed by atoms with van der Waals surface area (Å²) in [6.45, 7) is 3.29. The standard InChI is InChI=1S/C13H17N5O/c1-2-5-15-12(19)4-7-16-13-10-8-14-6-3-11(10)17-9-18-13/h3,6,8-9H,2,4-5,7H2,1H3,(H,15,19)(H,16,17,18). The zero-order chi connectivity index (χ0) is 13.5. The zero-order valence-electron chi connectivity index (χ0n) is 10.9. The van der Waals surface area contributed by atoms with Gasteiger partial charge in [-0.1, -0.05) is 6.92 Å². The van der Waals surface area contributed by atoms with Crippen molar-refractivity contribution in [3.63, 3.8) is 0 Å². The van der Waals surface area contributed by atoms with Crippen molar-refractivity contribution < 1.29 is 4.79 Å². The lowest BCUT2D eigenvalue weighted by Crippen LogP contribution is -2.26. The SMILES string of the molecule is CCCNC(=O)CCNc1ncnc2ccncc12. The maximum Gasteiger partial charge on any atom is 0.221 e. The zero-order valence-corrected chi connectivity index (χ0v) is 10.9. The second kappa shape index (κ2) is 6.63. The van der Waals surface area contributed by atoms with E-state index in [2.05, 4.69) is 25.6 Å². The fraction of sp³-hybridized carbons (Fsp3) is 0.385. The molecule has 6 nitrogen and oxygen atoms in total. The number of fused-ring (bicyclic) bond motifs is 1. The Morgan fingerprint density at radius 2 is 2.21 bits per heavy atom. The third-order valence-electron chi connectivity index (χ3n) is 2.65. The highest BCUT2D eigenvalue weighted by Gasteiger charge is 2.04. The van der Waals surface area contributed by atoms with Crippen molar-refractivity contribution in [3.05, 3.63) is 24.8 Å². The van der Waals surface area contributed by atoms with E-state index in [1.54, 1.807) is 12.4 Å². The lowest BCUT2D eigenvalue weighted by atomic mass is 10.3. The molecule has 0 radical (unpaired) electrons. The summed E-state index contributed by atoms with van der Waals surface area (Å²) in [6, 6.07) is 1.83. The minimum atomic E-state index is 0.0471. The molecule has 19 heavy (non-hydrogen) atoms. The molecular weight excluding hydrogens is 242 g/mol. The van der Waals surface area contributed by atoms with Gasteiger partial charge in [0.15, 0.2) is 0 Å². The number of rotatable bonds is 6. The number of carbonyl (C=O) groups is 1. The monoisotopic (exact) mass is 259 g/mol. The summed E-state index contributed by atoms with van der Waals surface area (Å²) >= 11 is 0.